The first kappa shape index (κ1) is 17.2. The maximum absolute atomic E-state index is 11.4. The highest BCUT2D eigenvalue weighted by Crippen LogP contribution is 2.42. The van der Waals surface area contributed by atoms with Crippen LogP contribution in [0.25, 0.3) is 5.69 Å². The number of hydrogen-bond donors (Lipinski definition) is 1. The lowest BCUT2D eigenvalue weighted by molar-refractivity contribution is -0.114. The molecule has 0 saturated heterocycles. The van der Waals surface area contributed by atoms with E-state index in [-0.39, 0.29) is 5.91 Å². The van der Waals surface area contributed by atoms with Crippen LogP contribution in [0.3, 0.4) is 0 Å². The molecule has 1 saturated carbocycles. The van der Waals surface area contributed by atoms with Crippen molar-refractivity contribution in [2.24, 2.45) is 0 Å². The highest BCUT2D eigenvalue weighted by atomic mass is 32.2. The van der Waals surface area contributed by atoms with Crippen LogP contribution in [0.1, 0.15) is 37.2 Å². The van der Waals surface area contributed by atoms with Gasteiger partial charge in [-0.3, -0.25) is 9.36 Å². The van der Waals surface area contributed by atoms with E-state index in [0.717, 1.165) is 30.0 Å². The molecule has 1 aromatic carbocycles. The molecule has 2 aromatic heterocycles. The van der Waals surface area contributed by atoms with Crippen LogP contribution in [-0.2, 0) is 4.79 Å². The lowest BCUT2D eigenvalue weighted by atomic mass is 10.2. The average Bonchev–Trinajstić information content (AvgIpc) is 3.42. The average molecular weight is 376 g/mol. The molecule has 134 valence electrons. The van der Waals surface area contributed by atoms with Gasteiger partial charge in [-0.25, -0.2) is 4.98 Å². The number of aromatic nitrogens is 4. The largest absolute Gasteiger partial charge is 0.326 e. The fourth-order valence-electron chi connectivity index (χ4n) is 2.75. The first-order valence-electron chi connectivity index (χ1n) is 8.52. The number of benzene rings is 1. The minimum Gasteiger partial charge on any atom is -0.326 e. The van der Waals surface area contributed by atoms with Crippen LogP contribution in [-0.4, -0.2) is 25.7 Å². The second-order valence-electron chi connectivity index (χ2n) is 6.26. The Bertz CT molecular complexity index is 1050. The Morgan fingerprint density at radius 3 is 2.81 bits per heavy atom. The van der Waals surface area contributed by atoms with E-state index in [4.69, 9.17) is 5.26 Å². The summed E-state index contributed by atoms with van der Waals surface area (Å²) < 4.78 is 2.01. The molecule has 2 heterocycles. The highest BCUT2D eigenvalue weighted by molar-refractivity contribution is 7.99. The summed E-state index contributed by atoms with van der Waals surface area (Å²) in [5.41, 5.74) is 1.96. The molecule has 27 heavy (non-hydrogen) atoms. The molecule has 0 unspecified atom stereocenters. The molecule has 1 fully saturated rings. The first-order valence-corrected chi connectivity index (χ1v) is 9.34. The Morgan fingerprint density at radius 1 is 1.26 bits per heavy atom. The zero-order valence-electron chi connectivity index (χ0n) is 14.6. The predicted octanol–water partition coefficient (Wildman–Crippen LogP) is 3.52. The van der Waals surface area contributed by atoms with Crippen LogP contribution in [0.5, 0.6) is 0 Å². The summed E-state index contributed by atoms with van der Waals surface area (Å²) >= 11 is 1.36. The number of pyridine rings is 1. The van der Waals surface area contributed by atoms with Crippen molar-refractivity contribution >= 4 is 23.4 Å². The number of nitriles is 1. The van der Waals surface area contributed by atoms with E-state index in [1.54, 1.807) is 12.1 Å². The third kappa shape index (κ3) is 3.83. The van der Waals surface area contributed by atoms with Gasteiger partial charge in [-0.1, -0.05) is 12.1 Å². The third-order valence-electron chi connectivity index (χ3n) is 4.06. The molecule has 7 nitrogen and oxygen atoms in total. The van der Waals surface area contributed by atoms with E-state index in [1.807, 2.05) is 34.9 Å². The van der Waals surface area contributed by atoms with Crippen molar-refractivity contribution in [1.29, 1.82) is 5.26 Å². The number of hydrogen-bond acceptors (Lipinski definition) is 6. The van der Waals surface area contributed by atoms with Crippen molar-refractivity contribution in [3.8, 4) is 11.8 Å². The Balaban J connectivity index is 1.74. The van der Waals surface area contributed by atoms with Crippen LogP contribution in [0.15, 0.2) is 52.6 Å². The standard InChI is InChI=1S/C19H16N6OS/c1-12(26)21-14-4-2-6-16(10-14)25-18(13-8-9-13)23-24-19(25)27-17-7-3-5-15(11-20)22-17/h2-7,10,13H,8-9H2,1H3,(H,21,26). The molecular weight excluding hydrogens is 360 g/mol. The van der Waals surface area contributed by atoms with Gasteiger partial charge in [-0.05, 0) is 54.9 Å². The van der Waals surface area contributed by atoms with Gasteiger partial charge >= 0.3 is 0 Å². The summed E-state index contributed by atoms with van der Waals surface area (Å²) in [4.78, 5) is 15.7. The lowest BCUT2D eigenvalue weighted by Gasteiger charge is -2.11. The Morgan fingerprint density at radius 2 is 2.07 bits per heavy atom. The Kier molecular flexibility index (Phi) is 4.60. The molecule has 4 rings (SSSR count). The van der Waals surface area contributed by atoms with E-state index in [2.05, 4.69) is 26.6 Å². The summed E-state index contributed by atoms with van der Waals surface area (Å²) in [5.74, 6) is 1.19. The van der Waals surface area contributed by atoms with E-state index >= 15 is 0 Å². The summed E-state index contributed by atoms with van der Waals surface area (Å²) in [6.07, 6.45) is 2.19. The number of anilines is 1. The van der Waals surface area contributed by atoms with Gasteiger partial charge in [-0.2, -0.15) is 5.26 Å². The van der Waals surface area contributed by atoms with Gasteiger partial charge in [0.15, 0.2) is 0 Å². The molecule has 0 radical (unpaired) electrons. The Hall–Kier alpha value is -3.18. The number of carbonyl (C=O) groups is 1. The third-order valence-corrected chi connectivity index (χ3v) is 4.94. The maximum atomic E-state index is 11.4. The van der Waals surface area contributed by atoms with Gasteiger partial charge < -0.3 is 5.32 Å². The summed E-state index contributed by atoms with van der Waals surface area (Å²) in [6.45, 7) is 1.48. The second kappa shape index (κ2) is 7.21. The van der Waals surface area contributed by atoms with E-state index in [9.17, 15) is 4.79 Å². The highest BCUT2D eigenvalue weighted by Gasteiger charge is 2.31. The monoisotopic (exact) mass is 376 g/mol. The predicted molar refractivity (Wildman–Crippen MR) is 101 cm³/mol. The molecule has 3 aromatic rings. The van der Waals surface area contributed by atoms with Crippen LogP contribution in [0.2, 0.25) is 0 Å². The fourth-order valence-corrected chi connectivity index (χ4v) is 3.60. The van der Waals surface area contributed by atoms with Crippen molar-refractivity contribution in [3.05, 3.63) is 54.0 Å². The minimum absolute atomic E-state index is 0.120. The van der Waals surface area contributed by atoms with Crippen LogP contribution in [0, 0.1) is 11.3 Å². The minimum atomic E-state index is -0.120. The zero-order chi connectivity index (χ0) is 18.8. The smallest absolute Gasteiger partial charge is 0.221 e. The van der Waals surface area contributed by atoms with Crippen molar-refractivity contribution < 1.29 is 4.79 Å². The van der Waals surface area contributed by atoms with Crippen molar-refractivity contribution in [2.45, 2.75) is 35.9 Å². The fraction of sp³-hybridized carbons (Fsp3) is 0.211. The summed E-state index contributed by atoms with van der Waals surface area (Å²) in [5, 5.41) is 22.0. The molecule has 1 amide bonds. The van der Waals surface area contributed by atoms with Gasteiger partial charge in [-0.15, -0.1) is 10.2 Å². The van der Waals surface area contributed by atoms with Crippen LogP contribution < -0.4 is 5.32 Å². The molecule has 0 spiro atoms. The molecule has 1 aliphatic rings. The van der Waals surface area contributed by atoms with Crippen molar-refractivity contribution in [2.75, 3.05) is 5.32 Å². The molecule has 0 aliphatic heterocycles. The van der Waals surface area contributed by atoms with Gasteiger partial charge in [0.2, 0.25) is 11.1 Å². The molecule has 1 aliphatic carbocycles. The van der Waals surface area contributed by atoms with E-state index in [1.165, 1.54) is 18.7 Å². The molecule has 1 N–H and O–H groups in total. The number of rotatable bonds is 5. The summed E-state index contributed by atoms with van der Waals surface area (Å²) in [6, 6.07) is 15.0. The summed E-state index contributed by atoms with van der Waals surface area (Å²) in [7, 11) is 0. The quantitative estimate of drug-likeness (QED) is 0.732. The normalized spacial score (nSPS) is 13.2. The van der Waals surface area contributed by atoms with Crippen molar-refractivity contribution in [1.82, 2.24) is 19.7 Å². The molecule has 0 atom stereocenters. The van der Waals surface area contributed by atoms with Crippen molar-refractivity contribution in [3.63, 3.8) is 0 Å². The van der Waals surface area contributed by atoms with E-state index < -0.39 is 0 Å². The maximum Gasteiger partial charge on any atom is 0.221 e. The SMILES string of the molecule is CC(=O)Nc1cccc(-n2c(Sc3cccc(C#N)n3)nnc2C2CC2)c1. The number of nitrogens with one attached hydrogen (secondary N) is 1. The Labute approximate surface area is 160 Å². The van der Waals surface area contributed by atoms with Gasteiger partial charge in [0.25, 0.3) is 0 Å². The van der Waals surface area contributed by atoms with Gasteiger partial charge in [0.05, 0.1) is 5.69 Å². The van der Waals surface area contributed by atoms with Gasteiger partial charge in [0.1, 0.15) is 22.6 Å². The number of carbonyl (C=O) groups excluding carboxylic acids is 1. The van der Waals surface area contributed by atoms with Crippen LogP contribution >= 0.6 is 11.8 Å². The first-order chi connectivity index (χ1) is 13.1. The van der Waals surface area contributed by atoms with E-state index in [0.29, 0.717) is 21.8 Å². The topological polar surface area (TPSA) is 96.5 Å². The van der Waals surface area contributed by atoms with Gasteiger partial charge in [0, 0.05) is 18.5 Å². The zero-order valence-corrected chi connectivity index (χ0v) is 15.4. The number of amides is 1. The molecule has 0 bridgehead atoms. The lowest BCUT2D eigenvalue weighted by Crippen LogP contribution is -2.07. The number of nitrogens with zero attached hydrogens (tertiary/aromatic N) is 5. The molecule has 8 heteroatoms. The van der Waals surface area contributed by atoms with Crippen LogP contribution in [0.4, 0.5) is 5.69 Å². The second-order valence-corrected chi connectivity index (χ2v) is 7.24. The molecular formula is C19H16N6OS.